The van der Waals surface area contributed by atoms with Gasteiger partial charge in [-0.1, -0.05) is 12.1 Å². The van der Waals surface area contributed by atoms with Gasteiger partial charge in [0.1, 0.15) is 11.6 Å². The van der Waals surface area contributed by atoms with E-state index in [1.54, 1.807) is 0 Å². The predicted octanol–water partition coefficient (Wildman–Crippen LogP) is 4.34. The number of hydrogen-bond donors (Lipinski definition) is 2. The monoisotopic (exact) mass is 414 g/mol. The minimum absolute atomic E-state index is 0.0396. The molecule has 0 unspecified atom stereocenters. The number of aromatic amines is 1. The Bertz CT molecular complexity index is 877. The Balaban J connectivity index is 1.44. The molecule has 0 aliphatic carbocycles. The normalized spacial score (nSPS) is 10.5. The van der Waals surface area contributed by atoms with Crippen LogP contribution in [0.2, 0.25) is 0 Å². The molecule has 3 aromatic rings. The number of aryl methyl sites for hydroxylation is 1. The van der Waals surface area contributed by atoms with E-state index in [0.717, 1.165) is 27.3 Å². The molecular weight excluding hydrogens is 396 g/mol. The van der Waals surface area contributed by atoms with Gasteiger partial charge in [-0.15, -0.1) is 0 Å². The van der Waals surface area contributed by atoms with Crippen LogP contribution in [0, 0.1) is 6.92 Å². The standard InChI is InChI=1S/C19H19BrN4O2/c1-13-21-19(24-23-13)14-8-10-15(11-9-14)22-18(25)7-4-12-26-17-6-3-2-5-16(17)20/h2-3,5-6,8-11H,4,7,12H2,1H3,(H,22,25)(H,21,23,24). The second-order valence-electron chi connectivity index (χ2n) is 5.75. The van der Waals surface area contributed by atoms with Crippen molar-refractivity contribution in [3.63, 3.8) is 0 Å². The Morgan fingerprint density at radius 2 is 1.96 bits per heavy atom. The van der Waals surface area contributed by atoms with Crippen LogP contribution in [0.4, 0.5) is 5.69 Å². The third kappa shape index (κ3) is 4.92. The maximum atomic E-state index is 12.0. The number of aromatic nitrogens is 3. The third-order valence-corrected chi connectivity index (χ3v) is 4.32. The number of amides is 1. The fourth-order valence-corrected chi connectivity index (χ4v) is 2.77. The van der Waals surface area contributed by atoms with Crippen molar-refractivity contribution in [3.8, 4) is 17.1 Å². The number of ether oxygens (including phenoxy) is 1. The van der Waals surface area contributed by atoms with E-state index in [2.05, 4.69) is 36.4 Å². The van der Waals surface area contributed by atoms with Gasteiger partial charge in [0.05, 0.1) is 11.1 Å². The summed E-state index contributed by atoms with van der Waals surface area (Å²) in [7, 11) is 0. The molecule has 0 spiro atoms. The lowest BCUT2D eigenvalue weighted by atomic mass is 10.2. The summed E-state index contributed by atoms with van der Waals surface area (Å²) in [6, 6.07) is 15.1. The van der Waals surface area contributed by atoms with Crippen LogP contribution >= 0.6 is 15.9 Å². The summed E-state index contributed by atoms with van der Waals surface area (Å²) in [5, 5.41) is 9.81. The van der Waals surface area contributed by atoms with E-state index in [1.165, 1.54) is 0 Å². The maximum absolute atomic E-state index is 12.0. The van der Waals surface area contributed by atoms with E-state index in [-0.39, 0.29) is 5.91 Å². The van der Waals surface area contributed by atoms with E-state index in [9.17, 15) is 4.79 Å². The Hall–Kier alpha value is -2.67. The van der Waals surface area contributed by atoms with Gasteiger partial charge in [0.15, 0.2) is 5.82 Å². The van der Waals surface area contributed by atoms with Crippen molar-refractivity contribution < 1.29 is 9.53 Å². The SMILES string of the molecule is Cc1nc(-c2ccc(NC(=O)CCCOc3ccccc3Br)cc2)n[nH]1. The van der Waals surface area contributed by atoms with Crippen LogP contribution in [0.15, 0.2) is 53.0 Å². The van der Waals surface area contributed by atoms with Gasteiger partial charge in [0.25, 0.3) is 0 Å². The lowest BCUT2D eigenvalue weighted by Crippen LogP contribution is -2.12. The number of H-pyrrole nitrogens is 1. The Morgan fingerprint density at radius 1 is 1.19 bits per heavy atom. The number of rotatable bonds is 7. The topological polar surface area (TPSA) is 79.9 Å². The number of hydrogen-bond acceptors (Lipinski definition) is 4. The van der Waals surface area contributed by atoms with Crippen molar-refractivity contribution in [2.24, 2.45) is 0 Å². The second-order valence-corrected chi connectivity index (χ2v) is 6.61. The quantitative estimate of drug-likeness (QED) is 0.563. The molecule has 1 heterocycles. The molecule has 0 bridgehead atoms. The number of nitrogens with one attached hydrogen (secondary N) is 2. The van der Waals surface area contributed by atoms with Gasteiger partial charge >= 0.3 is 0 Å². The zero-order valence-corrected chi connectivity index (χ0v) is 15.9. The Labute approximate surface area is 160 Å². The first-order valence-electron chi connectivity index (χ1n) is 8.28. The number of benzene rings is 2. The average molecular weight is 415 g/mol. The van der Waals surface area contributed by atoms with Crippen LogP contribution < -0.4 is 10.1 Å². The van der Waals surface area contributed by atoms with E-state index < -0.39 is 0 Å². The zero-order valence-electron chi connectivity index (χ0n) is 14.3. The summed E-state index contributed by atoms with van der Waals surface area (Å²) in [5.74, 6) is 2.15. The lowest BCUT2D eigenvalue weighted by Gasteiger charge is -2.08. The summed E-state index contributed by atoms with van der Waals surface area (Å²) < 4.78 is 6.57. The van der Waals surface area contributed by atoms with Crippen molar-refractivity contribution in [2.45, 2.75) is 19.8 Å². The molecule has 0 saturated heterocycles. The largest absolute Gasteiger partial charge is 0.492 e. The summed E-state index contributed by atoms with van der Waals surface area (Å²) in [5.41, 5.74) is 1.65. The lowest BCUT2D eigenvalue weighted by molar-refractivity contribution is -0.116. The van der Waals surface area contributed by atoms with Crippen molar-refractivity contribution in [1.82, 2.24) is 15.2 Å². The number of carbonyl (C=O) groups excluding carboxylic acids is 1. The molecule has 26 heavy (non-hydrogen) atoms. The fraction of sp³-hybridized carbons (Fsp3) is 0.211. The average Bonchev–Trinajstić information content (AvgIpc) is 3.07. The van der Waals surface area contributed by atoms with Crippen LogP contribution in [0.3, 0.4) is 0 Å². The minimum atomic E-state index is -0.0396. The number of para-hydroxylation sites is 1. The summed E-state index contributed by atoms with van der Waals surface area (Å²) in [6.07, 6.45) is 1.04. The predicted molar refractivity (Wildman–Crippen MR) is 104 cm³/mol. The number of carbonyl (C=O) groups is 1. The first kappa shape index (κ1) is 18.1. The van der Waals surface area contributed by atoms with Gasteiger partial charge in [-0.3, -0.25) is 9.89 Å². The fourth-order valence-electron chi connectivity index (χ4n) is 2.37. The number of halogens is 1. The first-order valence-corrected chi connectivity index (χ1v) is 9.08. The van der Waals surface area contributed by atoms with E-state index in [4.69, 9.17) is 4.74 Å². The summed E-state index contributed by atoms with van der Waals surface area (Å²) in [6.45, 7) is 2.34. The van der Waals surface area contributed by atoms with Gasteiger partial charge in [0.2, 0.25) is 5.91 Å². The first-order chi connectivity index (χ1) is 12.6. The molecule has 0 fully saturated rings. The Kier molecular flexibility index (Phi) is 6.01. The van der Waals surface area contributed by atoms with E-state index >= 15 is 0 Å². The maximum Gasteiger partial charge on any atom is 0.224 e. The van der Waals surface area contributed by atoms with E-state index in [0.29, 0.717) is 25.3 Å². The second kappa shape index (κ2) is 8.62. The van der Waals surface area contributed by atoms with Crippen molar-refractivity contribution in [3.05, 3.63) is 58.8 Å². The molecule has 1 aromatic heterocycles. The van der Waals surface area contributed by atoms with Crippen LogP contribution in [-0.2, 0) is 4.79 Å². The van der Waals surface area contributed by atoms with Crippen molar-refractivity contribution >= 4 is 27.5 Å². The summed E-state index contributed by atoms with van der Waals surface area (Å²) in [4.78, 5) is 16.3. The van der Waals surface area contributed by atoms with Gasteiger partial charge in [-0.25, -0.2) is 4.98 Å². The van der Waals surface area contributed by atoms with E-state index in [1.807, 2.05) is 55.5 Å². The van der Waals surface area contributed by atoms with Gasteiger partial charge in [0, 0.05) is 17.7 Å². The van der Waals surface area contributed by atoms with Gasteiger partial charge in [-0.05, 0) is 65.7 Å². The molecule has 0 aliphatic rings. The summed E-state index contributed by atoms with van der Waals surface area (Å²) >= 11 is 3.43. The smallest absolute Gasteiger partial charge is 0.224 e. The van der Waals surface area contributed by atoms with Gasteiger partial charge in [-0.2, -0.15) is 5.10 Å². The molecule has 0 saturated carbocycles. The van der Waals surface area contributed by atoms with Gasteiger partial charge < -0.3 is 10.1 Å². The number of nitrogens with zero attached hydrogens (tertiary/aromatic N) is 2. The highest BCUT2D eigenvalue weighted by Crippen LogP contribution is 2.24. The third-order valence-electron chi connectivity index (χ3n) is 3.67. The molecule has 6 nitrogen and oxygen atoms in total. The molecule has 0 aliphatic heterocycles. The molecule has 2 aromatic carbocycles. The molecule has 134 valence electrons. The molecule has 1 amide bonds. The van der Waals surface area contributed by atoms with Crippen LogP contribution in [-0.4, -0.2) is 27.7 Å². The molecule has 3 rings (SSSR count). The highest BCUT2D eigenvalue weighted by atomic mass is 79.9. The van der Waals surface area contributed by atoms with Crippen molar-refractivity contribution in [2.75, 3.05) is 11.9 Å². The molecule has 0 radical (unpaired) electrons. The highest BCUT2D eigenvalue weighted by molar-refractivity contribution is 9.10. The highest BCUT2D eigenvalue weighted by Gasteiger charge is 2.06. The Morgan fingerprint density at radius 3 is 2.65 bits per heavy atom. The van der Waals surface area contributed by atoms with Crippen LogP contribution in [0.5, 0.6) is 5.75 Å². The molecule has 0 atom stereocenters. The van der Waals surface area contributed by atoms with Crippen LogP contribution in [0.25, 0.3) is 11.4 Å². The minimum Gasteiger partial charge on any atom is -0.492 e. The zero-order chi connectivity index (χ0) is 18.4. The van der Waals surface area contributed by atoms with Crippen LogP contribution in [0.1, 0.15) is 18.7 Å². The molecule has 2 N–H and O–H groups in total. The number of anilines is 1. The van der Waals surface area contributed by atoms with Crippen molar-refractivity contribution in [1.29, 1.82) is 0 Å². The molecular formula is C19H19BrN4O2. The molecule has 7 heteroatoms.